The van der Waals surface area contributed by atoms with Crippen LogP contribution in [-0.4, -0.2) is 36.1 Å². The predicted molar refractivity (Wildman–Crippen MR) is 66.3 cm³/mol. The van der Waals surface area contributed by atoms with Gasteiger partial charge in [-0.25, -0.2) is 0 Å². The molecule has 0 spiro atoms. The molecule has 0 aliphatic carbocycles. The quantitative estimate of drug-likeness (QED) is 0.835. The Labute approximate surface area is 97.7 Å². The first kappa shape index (κ1) is 11.6. The molecule has 0 saturated carbocycles. The third-order valence-corrected chi connectivity index (χ3v) is 3.93. The van der Waals surface area contributed by atoms with Crippen LogP contribution in [0.5, 0.6) is 0 Å². The Balaban J connectivity index is 2.16. The summed E-state index contributed by atoms with van der Waals surface area (Å²) in [6, 6.07) is 4.18. The van der Waals surface area contributed by atoms with Crippen molar-refractivity contribution in [1.82, 2.24) is 9.88 Å². The molecule has 16 heavy (non-hydrogen) atoms. The van der Waals surface area contributed by atoms with E-state index in [9.17, 15) is 0 Å². The Morgan fingerprint density at radius 1 is 1.44 bits per heavy atom. The largest absolute Gasteiger partial charge is 0.330 e. The highest BCUT2D eigenvalue weighted by Gasteiger charge is 2.34. The summed E-state index contributed by atoms with van der Waals surface area (Å²) in [7, 11) is 0. The fraction of sp³-hybridized carbons (Fsp3) is 0.615. The SMILES string of the molecule is CCN1CCC(CN)(c2cccnc2)CC1. The molecule has 0 radical (unpaired) electrons. The molecule has 1 aromatic heterocycles. The van der Waals surface area contributed by atoms with Gasteiger partial charge < -0.3 is 10.6 Å². The second kappa shape index (κ2) is 4.93. The molecule has 1 aliphatic heterocycles. The summed E-state index contributed by atoms with van der Waals surface area (Å²) in [6.45, 7) is 6.41. The highest BCUT2D eigenvalue weighted by Crippen LogP contribution is 2.33. The molecule has 2 rings (SSSR count). The molecule has 2 heterocycles. The number of nitrogens with two attached hydrogens (primary N) is 1. The highest BCUT2D eigenvalue weighted by molar-refractivity contribution is 5.23. The summed E-state index contributed by atoms with van der Waals surface area (Å²) in [5, 5.41) is 0. The van der Waals surface area contributed by atoms with Gasteiger partial charge in [0.1, 0.15) is 0 Å². The zero-order chi connectivity index (χ0) is 11.4. The van der Waals surface area contributed by atoms with E-state index in [0.29, 0.717) is 0 Å². The summed E-state index contributed by atoms with van der Waals surface area (Å²) in [4.78, 5) is 6.71. The van der Waals surface area contributed by atoms with Crippen LogP contribution in [0.3, 0.4) is 0 Å². The van der Waals surface area contributed by atoms with Crippen molar-refractivity contribution in [1.29, 1.82) is 0 Å². The molecule has 3 heteroatoms. The first-order valence-corrected chi connectivity index (χ1v) is 6.14. The first-order chi connectivity index (χ1) is 7.80. The number of hydrogen-bond acceptors (Lipinski definition) is 3. The standard InChI is InChI=1S/C13H21N3/c1-2-16-8-5-13(11-14,6-9-16)12-4-3-7-15-10-12/h3-4,7,10H,2,5-6,8-9,11,14H2,1H3. The molecule has 1 aromatic rings. The number of piperidine rings is 1. The molecule has 0 unspecified atom stereocenters. The van der Waals surface area contributed by atoms with Crippen molar-refractivity contribution in [2.24, 2.45) is 5.73 Å². The number of rotatable bonds is 3. The average Bonchev–Trinajstić information content (AvgIpc) is 2.40. The van der Waals surface area contributed by atoms with Crippen molar-refractivity contribution in [2.45, 2.75) is 25.2 Å². The molecule has 0 bridgehead atoms. The molecular weight excluding hydrogens is 198 g/mol. The Morgan fingerprint density at radius 3 is 2.69 bits per heavy atom. The third-order valence-electron chi connectivity index (χ3n) is 3.93. The van der Waals surface area contributed by atoms with Crippen LogP contribution in [0.2, 0.25) is 0 Å². The second-order valence-electron chi connectivity index (χ2n) is 4.66. The van der Waals surface area contributed by atoms with Gasteiger partial charge in [0.05, 0.1) is 0 Å². The molecule has 3 nitrogen and oxygen atoms in total. The van der Waals surface area contributed by atoms with Crippen LogP contribution in [0.25, 0.3) is 0 Å². The average molecular weight is 219 g/mol. The molecule has 0 amide bonds. The molecule has 1 saturated heterocycles. The zero-order valence-corrected chi connectivity index (χ0v) is 10.0. The maximum absolute atomic E-state index is 6.01. The van der Waals surface area contributed by atoms with Gasteiger partial charge >= 0.3 is 0 Å². The maximum Gasteiger partial charge on any atom is 0.0306 e. The summed E-state index contributed by atoms with van der Waals surface area (Å²) < 4.78 is 0. The van der Waals surface area contributed by atoms with Crippen molar-refractivity contribution < 1.29 is 0 Å². The van der Waals surface area contributed by atoms with E-state index in [1.165, 1.54) is 5.56 Å². The van der Waals surface area contributed by atoms with E-state index in [1.807, 2.05) is 18.5 Å². The van der Waals surface area contributed by atoms with Crippen LogP contribution in [0.1, 0.15) is 25.3 Å². The minimum absolute atomic E-state index is 0.167. The van der Waals surface area contributed by atoms with Crippen LogP contribution in [-0.2, 0) is 5.41 Å². The smallest absolute Gasteiger partial charge is 0.0306 e. The van der Waals surface area contributed by atoms with Gasteiger partial charge in [0.25, 0.3) is 0 Å². The van der Waals surface area contributed by atoms with Crippen LogP contribution < -0.4 is 5.73 Å². The van der Waals surface area contributed by atoms with Crippen molar-refractivity contribution in [3.05, 3.63) is 30.1 Å². The van der Waals surface area contributed by atoms with Gasteiger partial charge in [0.2, 0.25) is 0 Å². The van der Waals surface area contributed by atoms with E-state index in [2.05, 4.69) is 22.9 Å². The summed E-state index contributed by atoms with van der Waals surface area (Å²) in [5.41, 5.74) is 7.49. The van der Waals surface area contributed by atoms with Gasteiger partial charge in [-0.2, -0.15) is 0 Å². The van der Waals surface area contributed by atoms with Crippen molar-refractivity contribution in [3.8, 4) is 0 Å². The number of pyridine rings is 1. The first-order valence-electron chi connectivity index (χ1n) is 6.14. The maximum atomic E-state index is 6.01. The van der Waals surface area contributed by atoms with E-state index >= 15 is 0 Å². The lowest BCUT2D eigenvalue weighted by Crippen LogP contribution is -2.46. The summed E-state index contributed by atoms with van der Waals surface area (Å²) in [6.07, 6.45) is 6.12. The van der Waals surface area contributed by atoms with Crippen LogP contribution in [0, 0.1) is 0 Å². The fourth-order valence-corrected chi connectivity index (χ4v) is 2.58. The van der Waals surface area contributed by atoms with Crippen molar-refractivity contribution >= 4 is 0 Å². The molecule has 1 fully saturated rings. The monoisotopic (exact) mass is 219 g/mol. The molecule has 0 aromatic carbocycles. The molecule has 1 aliphatic rings. The van der Waals surface area contributed by atoms with Gasteiger partial charge in [-0.05, 0) is 44.1 Å². The van der Waals surface area contributed by atoms with Gasteiger partial charge in [-0.15, -0.1) is 0 Å². The summed E-state index contributed by atoms with van der Waals surface area (Å²) in [5.74, 6) is 0. The van der Waals surface area contributed by atoms with Crippen LogP contribution in [0.4, 0.5) is 0 Å². The number of hydrogen-bond donors (Lipinski definition) is 1. The Kier molecular flexibility index (Phi) is 3.56. The Hall–Kier alpha value is -0.930. The molecule has 2 N–H and O–H groups in total. The normalized spacial score (nSPS) is 20.9. The van der Waals surface area contributed by atoms with Crippen LogP contribution in [0.15, 0.2) is 24.5 Å². The van der Waals surface area contributed by atoms with E-state index in [-0.39, 0.29) is 5.41 Å². The van der Waals surface area contributed by atoms with E-state index in [1.54, 1.807) is 0 Å². The van der Waals surface area contributed by atoms with Gasteiger partial charge in [0.15, 0.2) is 0 Å². The Bertz CT molecular complexity index is 315. The van der Waals surface area contributed by atoms with Gasteiger partial charge in [0, 0.05) is 24.4 Å². The molecular formula is C13H21N3. The number of aromatic nitrogens is 1. The minimum atomic E-state index is 0.167. The van der Waals surface area contributed by atoms with Gasteiger partial charge in [-0.1, -0.05) is 13.0 Å². The fourth-order valence-electron chi connectivity index (χ4n) is 2.58. The number of nitrogens with zero attached hydrogens (tertiary/aromatic N) is 2. The zero-order valence-electron chi connectivity index (χ0n) is 10.0. The van der Waals surface area contributed by atoms with Crippen LogP contribution >= 0.6 is 0 Å². The van der Waals surface area contributed by atoms with E-state index < -0.39 is 0 Å². The van der Waals surface area contributed by atoms with Gasteiger partial charge in [-0.3, -0.25) is 4.98 Å². The summed E-state index contributed by atoms with van der Waals surface area (Å²) >= 11 is 0. The van der Waals surface area contributed by atoms with Crippen molar-refractivity contribution in [3.63, 3.8) is 0 Å². The lowest BCUT2D eigenvalue weighted by molar-refractivity contribution is 0.169. The van der Waals surface area contributed by atoms with E-state index in [4.69, 9.17) is 5.73 Å². The Morgan fingerprint density at radius 2 is 2.19 bits per heavy atom. The topological polar surface area (TPSA) is 42.1 Å². The third kappa shape index (κ3) is 2.11. The highest BCUT2D eigenvalue weighted by atomic mass is 15.1. The number of likely N-dealkylation sites (tertiary alicyclic amines) is 1. The second-order valence-corrected chi connectivity index (χ2v) is 4.66. The van der Waals surface area contributed by atoms with E-state index in [0.717, 1.165) is 39.0 Å². The lowest BCUT2D eigenvalue weighted by Gasteiger charge is -2.41. The predicted octanol–water partition coefficient (Wildman–Crippen LogP) is 1.39. The lowest BCUT2D eigenvalue weighted by atomic mass is 9.73. The molecule has 88 valence electrons. The molecule has 0 atom stereocenters. The minimum Gasteiger partial charge on any atom is -0.330 e. The van der Waals surface area contributed by atoms with Crippen molar-refractivity contribution in [2.75, 3.05) is 26.2 Å².